The van der Waals surface area contributed by atoms with Gasteiger partial charge in [0, 0.05) is 24.9 Å². The molecular weight excluding hydrogens is 537 g/mol. The van der Waals surface area contributed by atoms with Crippen LogP contribution in [-0.4, -0.2) is 40.3 Å². The molecule has 32 heavy (non-hydrogen) atoms. The van der Waals surface area contributed by atoms with Crippen LogP contribution < -0.4 is 15.4 Å². The second kappa shape index (κ2) is 14.4. The van der Waals surface area contributed by atoms with Crippen molar-refractivity contribution in [3.8, 4) is 5.75 Å². The summed E-state index contributed by atoms with van der Waals surface area (Å²) in [4.78, 5) is 5.04. The Morgan fingerprint density at radius 3 is 2.38 bits per heavy atom. The van der Waals surface area contributed by atoms with Crippen LogP contribution in [0.3, 0.4) is 0 Å². The summed E-state index contributed by atoms with van der Waals surface area (Å²) in [5.74, 6) is 2.23. The highest BCUT2D eigenvalue weighted by Crippen LogP contribution is 2.19. The summed E-state index contributed by atoms with van der Waals surface area (Å²) in [5, 5.41) is 6.61. The summed E-state index contributed by atoms with van der Waals surface area (Å²) >= 11 is 0. The van der Waals surface area contributed by atoms with Crippen molar-refractivity contribution in [2.75, 3.05) is 26.0 Å². The van der Waals surface area contributed by atoms with Gasteiger partial charge in [-0.3, -0.25) is 0 Å². The number of hydrogen-bond acceptors (Lipinski definition) is 4. The zero-order valence-corrected chi connectivity index (χ0v) is 22.6. The zero-order valence-electron chi connectivity index (χ0n) is 19.4. The van der Waals surface area contributed by atoms with Crippen LogP contribution in [0.5, 0.6) is 5.75 Å². The van der Waals surface area contributed by atoms with E-state index in [0.29, 0.717) is 30.5 Å². The van der Waals surface area contributed by atoms with Gasteiger partial charge in [0.25, 0.3) is 0 Å². The highest BCUT2D eigenvalue weighted by atomic mass is 127. The smallest absolute Gasteiger partial charge is 0.191 e. The Balaban J connectivity index is 0.00000512. The third kappa shape index (κ3) is 10.2. The number of halogens is 1. The molecule has 2 aromatic carbocycles. The number of aliphatic imine (C=N–C) groups is 1. The maximum Gasteiger partial charge on any atom is 0.191 e. The lowest BCUT2D eigenvalue weighted by Gasteiger charge is -2.14. The van der Waals surface area contributed by atoms with E-state index in [1.807, 2.05) is 43.3 Å². The van der Waals surface area contributed by atoms with Gasteiger partial charge in [-0.15, -0.1) is 24.0 Å². The SMILES string of the molecule is CCNC(=NCc1ccccc1OCCC(C)C)NCCc1ccc(S(C)(=O)=O)cc1.I. The first-order chi connectivity index (χ1) is 14.8. The van der Waals surface area contributed by atoms with Gasteiger partial charge in [-0.25, -0.2) is 13.4 Å². The van der Waals surface area contributed by atoms with Crippen molar-refractivity contribution in [2.45, 2.75) is 45.1 Å². The molecule has 2 N–H and O–H groups in total. The van der Waals surface area contributed by atoms with Gasteiger partial charge in [-0.2, -0.15) is 0 Å². The number of benzene rings is 2. The van der Waals surface area contributed by atoms with E-state index in [-0.39, 0.29) is 24.0 Å². The minimum absolute atomic E-state index is 0. The number of nitrogens with one attached hydrogen (secondary N) is 2. The molecule has 0 aromatic heterocycles. The fraction of sp³-hybridized carbons (Fsp3) is 0.458. The Labute approximate surface area is 210 Å². The Bertz CT molecular complexity index is 945. The molecule has 0 atom stereocenters. The average Bonchev–Trinajstić information content (AvgIpc) is 2.72. The predicted molar refractivity (Wildman–Crippen MR) is 143 cm³/mol. The number of nitrogens with zero attached hydrogens (tertiary/aromatic N) is 1. The highest BCUT2D eigenvalue weighted by molar-refractivity contribution is 14.0. The van der Waals surface area contributed by atoms with Crippen LogP contribution in [0.25, 0.3) is 0 Å². The molecule has 8 heteroatoms. The molecular formula is C24H36IN3O3S. The normalized spacial score (nSPS) is 11.7. The molecule has 0 radical (unpaired) electrons. The lowest BCUT2D eigenvalue weighted by atomic mass is 10.1. The molecule has 0 saturated carbocycles. The molecule has 0 aliphatic heterocycles. The highest BCUT2D eigenvalue weighted by Gasteiger charge is 2.07. The summed E-state index contributed by atoms with van der Waals surface area (Å²) in [6, 6.07) is 15.0. The molecule has 6 nitrogen and oxygen atoms in total. The molecule has 0 fully saturated rings. The van der Waals surface area contributed by atoms with Crippen LogP contribution in [0.2, 0.25) is 0 Å². The van der Waals surface area contributed by atoms with Gasteiger partial charge >= 0.3 is 0 Å². The maximum absolute atomic E-state index is 11.6. The Kier molecular flexibility index (Phi) is 12.7. The molecule has 0 saturated heterocycles. The van der Waals surface area contributed by atoms with Crippen molar-refractivity contribution in [1.29, 1.82) is 0 Å². The van der Waals surface area contributed by atoms with E-state index in [2.05, 4.69) is 24.5 Å². The van der Waals surface area contributed by atoms with Crippen molar-refractivity contribution in [2.24, 2.45) is 10.9 Å². The van der Waals surface area contributed by atoms with Crippen molar-refractivity contribution in [3.63, 3.8) is 0 Å². The van der Waals surface area contributed by atoms with Crippen LogP contribution >= 0.6 is 24.0 Å². The molecule has 0 amide bonds. The van der Waals surface area contributed by atoms with E-state index < -0.39 is 9.84 Å². The second-order valence-electron chi connectivity index (χ2n) is 7.93. The standard InChI is InChI=1S/C24H35N3O3S.HI/c1-5-25-24(26-16-14-20-10-12-22(13-11-20)31(4,28)29)27-18-21-8-6-7-9-23(21)30-17-15-19(2)3;/h6-13,19H,5,14-18H2,1-4H3,(H2,25,26,27);1H. The quantitative estimate of drug-likeness (QED) is 0.236. The third-order valence-electron chi connectivity index (χ3n) is 4.73. The van der Waals surface area contributed by atoms with Gasteiger partial charge < -0.3 is 15.4 Å². The largest absolute Gasteiger partial charge is 0.493 e. The van der Waals surface area contributed by atoms with Gasteiger partial charge in [0.1, 0.15) is 5.75 Å². The van der Waals surface area contributed by atoms with E-state index in [4.69, 9.17) is 9.73 Å². The summed E-state index contributed by atoms with van der Waals surface area (Å²) in [5.41, 5.74) is 2.12. The van der Waals surface area contributed by atoms with Crippen LogP contribution in [0.1, 0.15) is 38.3 Å². The molecule has 0 spiro atoms. The summed E-state index contributed by atoms with van der Waals surface area (Å²) in [7, 11) is -3.16. The number of rotatable bonds is 11. The first-order valence-corrected chi connectivity index (χ1v) is 12.7. The van der Waals surface area contributed by atoms with E-state index >= 15 is 0 Å². The van der Waals surface area contributed by atoms with Crippen molar-refractivity contribution in [3.05, 3.63) is 59.7 Å². The van der Waals surface area contributed by atoms with E-state index in [1.165, 1.54) is 6.26 Å². The molecule has 0 heterocycles. The van der Waals surface area contributed by atoms with Crippen LogP contribution in [0, 0.1) is 5.92 Å². The third-order valence-corrected chi connectivity index (χ3v) is 5.86. The van der Waals surface area contributed by atoms with Gasteiger partial charge in [0.2, 0.25) is 0 Å². The Morgan fingerprint density at radius 1 is 1.06 bits per heavy atom. The maximum atomic E-state index is 11.6. The number of para-hydroxylation sites is 1. The Morgan fingerprint density at radius 2 is 1.75 bits per heavy atom. The van der Waals surface area contributed by atoms with Gasteiger partial charge in [-0.1, -0.05) is 44.2 Å². The van der Waals surface area contributed by atoms with Gasteiger partial charge in [-0.05, 0) is 49.4 Å². The second-order valence-corrected chi connectivity index (χ2v) is 9.94. The molecule has 0 aliphatic rings. The first kappa shape index (κ1) is 28.2. The minimum atomic E-state index is -3.16. The van der Waals surface area contributed by atoms with Crippen molar-refractivity contribution < 1.29 is 13.2 Å². The van der Waals surface area contributed by atoms with E-state index in [1.54, 1.807) is 12.1 Å². The molecule has 0 unspecified atom stereocenters. The number of sulfone groups is 1. The van der Waals surface area contributed by atoms with Crippen LogP contribution in [0.4, 0.5) is 0 Å². The van der Waals surface area contributed by atoms with E-state index in [0.717, 1.165) is 42.2 Å². The fourth-order valence-corrected chi connectivity index (χ4v) is 3.54. The van der Waals surface area contributed by atoms with Crippen LogP contribution in [-0.2, 0) is 22.8 Å². The summed E-state index contributed by atoms with van der Waals surface area (Å²) < 4.78 is 29.1. The summed E-state index contributed by atoms with van der Waals surface area (Å²) in [6.07, 6.45) is 3.01. The van der Waals surface area contributed by atoms with Crippen molar-refractivity contribution in [1.82, 2.24) is 10.6 Å². The molecule has 0 bridgehead atoms. The lowest BCUT2D eigenvalue weighted by Crippen LogP contribution is -2.38. The fourth-order valence-electron chi connectivity index (χ4n) is 2.91. The monoisotopic (exact) mass is 573 g/mol. The van der Waals surface area contributed by atoms with E-state index in [9.17, 15) is 8.42 Å². The number of guanidine groups is 1. The van der Waals surface area contributed by atoms with Gasteiger partial charge in [0.05, 0.1) is 18.0 Å². The van der Waals surface area contributed by atoms with Crippen molar-refractivity contribution >= 4 is 39.8 Å². The molecule has 2 aromatic rings. The Hall–Kier alpha value is -1.81. The lowest BCUT2D eigenvalue weighted by molar-refractivity contribution is 0.287. The summed E-state index contributed by atoms with van der Waals surface area (Å²) in [6.45, 7) is 9.09. The zero-order chi connectivity index (χ0) is 22.7. The number of hydrogen-bond donors (Lipinski definition) is 2. The average molecular weight is 574 g/mol. The first-order valence-electron chi connectivity index (χ1n) is 10.8. The topological polar surface area (TPSA) is 79.8 Å². The molecule has 2 rings (SSSR count). The predicted octanol–water partition coefficient (Wildman–Crippen LogP) is 4.43. The minimum Gasteiger partial charge on any atom is -0.493 e. The van der Waals surface area contributed by atoms with Gasteiger partial charge in [0.15, 0.2) is 15.8 Å². The molecule has 0 aliphatic carbocycles. The molecule has 178 valence electrons. The number of ether oxygens (including phenoxy) is 1. The van der Waals surface area contributed by atoms with Crippen LogP contribution in [0.15, 0.2) is 58.4 Å².